The maximum Gasteiger partial charge on any atom is 0.360 e. The van der Waals surface area contributed by atoms with Gasteiger partial charge in [-0.15, -0.1) is 22.0 Å². The highest BCUT2D eigenvalue weighted by atomic mass is 32.2. The fraction of sp³-hybridized carbons (Fsp3) is 0.357. The number of benzene rings is 1. The molecule has 0 spiro atoms. The lowest BCUT2D eigenvalue weighted by Gasteiger charge is -2.09. The second kappa shape index (κ2) is 7.21. The van der Waals surface area contributed by atoms with E-state index in [4.69, 9.17) is 9.47 Å². The van der Waals surface area contributed by atoms with Gasteiger partial charge in [0, 0.05) is 18.2 Å². The lowest BCUT2D eigenvalue weighted by atomic mass is 10.2. The molecule has 0 saturated carbocycles. The summed E-state index contributed by atoms with van der Waals surface area (Å²) in [5.74, 6) is 0.296. The van der Waals surface area contributed by atoms with Gasteiger partial charge >= 0.3 is 5.97 Å². The number of hydrogen-bond donors (Lipinski definition) is 0. The highest BCUT2D eigenvalue weighted by Crippen LogP contribution is 2.29. The average Bonchev–Trinajstić information content (AvgIpc) is 2.47. The predicted octanol–water partition coefficient (Wildman–Crippen LogP) is 2.55. The van der Waals surface area contributed by atoms with E-state index in [-0.39, 0.29) is 5.69 Å². The summed E-state index contributed by atoms with van der Waals surface area (Å²) in [7, 11) is 1.65. The Bertz CT molecular complexity index is 604. The number of carbonyl (C=O) groups excluding carboxylic acids is 1. The Kier molecular flexibility index (Phi) is 5.31. The van der Waals surface area contributed by atoms with Crippen LogP contribution in [0.25, 0.3) is 10.9 Å². The van der Waals surface area contributed by atoms with Crippen LogP contribution < -0.4 is 0 Å². The average molecular weight is 292 g/mol. The third kappa shape index (κ3) is 3.26. The van der Waals surface area contributed by atoms with E-state index < -0.39 is 5.97 Å². The number of thioether (sulfide) groups is 1. The number of rotatable bonds is 6. The van der Waals surface area contributed by atoms with Gasteiger partial charge in [-0.05, 0) is 13.0 Å². The van der Waals surface area contributed by atoms with Gasteiger partial charge in [0.25, 0.3) is 0 Å². The van der Waals surface area contributed by atoms with Crippen molar-refractivity contribution in [3.8, 4) is 0 Å². The molecule has 1 heterocycles. The quantitative estimate of drug-likeness (QED) is 0.463. The summed E-state index contributed by atoms with van der Waals surface area (Å²) in [5.41, 5.74) is 1.03. The minimum atomic E-state index is -0.439. The van der Waals surface area contributed by atoms with Crippen LogP contribution in [-0.4, -0.2) is 42.2 Å². The van der Waals surface area contributed by atoms with Crippen LogP contribution in [0.4, 0.5) is 0 Å². The number of carbonyl (C=O) groups is 1. The van der Waals surface area contributed by atoms with Gasteiger partial charge in [0.15, 0.2) is 5.69 Å². The molecule has 0 radical (unpaired) electrons. The van der Waals surface area contributed by atoms with Crippen LogP contribution in [0.1, 0.15) is 17.4 Å². The monoisotopic (exact) mass is 292 g/mol. The highest BCUT2D eigenvalue weighted by Gasteiger charge is 2.18. The molecule has 0 amide bonds. The molecule has 0 aliphatic rings. The van der Waals surface area contributed by atoms with Crippen molar-refractivity contribution in [2.45, 2.75) is 11.8 Å². The van der Waals surface area contributed by atoms with E-state index in [1.807, 2.05) is 24.3 Å². The van der Waals surface area contributed by atoms with Gasteiger partial charge in [-0.1, -0.05) is 18.2 Å². The molecule has 5 nitrogen and oxygen atoms in total. The molecule has 2 aromatic rings. The number of ether oxygens (including phenoxy) is 2. The summed E-state index contributed by atoms with van der Waals surface area (Å²) < 4.78 is 10.1. The van der Waals surface area contributed by atoms with E-state index in [1.165, 1.54) is 11.8 Å². The first-order chi connectivity index (χ1) is 9.77. The molecule has 0 fully saturated rings. The van der Waals surface area contributed by atoms with Gasteiger partial charge in [-0.25, -0.2) is 4.79 Å². The maximum atomic E-state index is 12.0. The number of esters is 1. The third-order valence-electron chi connectivity index (χ3n) is 2.62. The smallest absolute Gasteiger partial charge is 0.360 e. The molecule has 0 saturated heterocycles. The molecule has 1 aromatic heterocycles. The molecule has 0 atom stereocenters. The molecule has 0 bridgehead atoms. The first-order valence-corrected chi connectivity index (χ1v) is 7.30. The second-order valence-electron chi connectivity index (χ2n) is 3.96. The standard InChI is InChI=1S/C14H16N2O3S/c1-3-19-14(17)12-13(20-9-8-18-2)10-6-4-5-7-11(10)15-16-12/h4-7H,3,8-9H2,1-2H3. The summed E-state index contributed by atoms with van der Waals surface area (Å²) in [5, 5.41) is 9.00. The third-order valence-corrected chi connectivity index (χ3v) is 3.70. The Hall–Kier alpha value is -1.66. The van der Waals surface area contributed by atoms with Crippen LogP contribution in [0, 0.1) is 0 Å². The Labute approximate surface area is 121 Å². The SMILES string of the molecule is CCOC(=O)c1nnc2ccccc2c1SCCOC. The first-order valence-electron chi connectivity index (χ1n) is 6.32. The fourth-order valence-corrected chi connectivity index (χ4v) is 2.78. The lowest BCUT2D eigenvalue weighted by molar-refractivity contribution is 0.0514. The summed E-state index contributed by atoms with van der Waals surface area (Å²) in [4.78, 5) is 12.8. The maximum absolute atomic E-state index is 12.0. The van der Waals surface area contributed by atoms with E-state index >= 15 is 0 Å². The summed E-state index contributed by atoms with van der Waals surface area (Å²) >= 11 is 1.53. The summed E-state index contributed by atoms with van der Waals surface area (Å²) in [6.07, 6.45) is 0. The van der Waals surface area contributed by atoms with E-state index in [0.29, 0.717) is 13.2 Å². The molecule has 1 aromatic carbocycles. The van der Waals surface area contributed by atoms with E-state index in [2.05, 4.69) is 10.2 Å². The van der Waals surface area contributed by atoms with Crippen LogP contribution in [0.15, 0.2) is 29.2 Å². The number of aromatic nitrogens is 2. The molecule has 20 heavy (non-hydrogen) atoms. The van der Waals surface area contributed by atoms with Gasteiger partial charge in [-0.2, -0.15) is 0 Å². The van der Waals surface area contributed by atoms with Gasteiger partial charge in [0.2, 0.25) is 0 Å². The van der Waals surface area contributed by atoms with Crippen molar-refractivity contribution in [3.05, 3.63) is 30.0 Å². The molecule has 2 rings (SSSR count). The van der Waals surface area contributed by atoms with Crippen molar-refractivity contribution >= 4 is 28.6 Å². The van der Waals surface area contributed by atoms with Crippen molar-refractivity contribution in [1.82, 2.24) is 10.2 Å². The Morgan fingerprint density at radius 3 is 2.85 bits per heavy atom. The Balaban J connectivity index is 2.44. The first kappa shape index (κ1) is 14.7. The number of methoxy groups -OCH3 is 1. The van der Waals surface area contributed by atoms with Gasteiger partial charge in [-0.3, -0.25) is 0 Å². The van der Waals surface area contributed by atoms with E-state index in [1.54, 1.807) is 14.0 Å². The van der Waals surface area contributed by atoms with Gasteiger partial charge in [0.1, 0.15) is 0 Å². The van der Waals surface area contributed by atoms with Gasteiger partial charge < -0.3 is 9.47 Å². The van der Waals surface area contributed by atoms with E-state index in [0.717, 1.165) is 21.6 Å². The van der Waals surface area contributed by atoms with Crippen LogP contribution in [0.3, 0.4) is 0 Å². The zero-order valence-corrected chi connectivity index (χ0v) is 12.3. The predicted molar refractivity (Wildman–Crippen MR) is 78.1 cm³/mol. The summed E-state index contributed by atoms with van der Waals surface area (Å²) in [6, 6.07) is 7.61. The van der Waals surface area contributed by atoms with Crippen molar-refractivity contribution in [1.29, 1.82) is 0 Å². The molecular formula is C14H16N2O3S. The second-order valence-corrected chi connectivity index (χ2v) is 5.06. The van der Waals surface area contributed by atoms with Crippen molar-refractivity contribution in [2.75, 3.05) is 26.1 Å². The zero-order chi connectivity index (χ0) is 14.4. The van der Waals surface area contributed by atoms with Crippen molar-refractivity contribution in [2.24, 2.45) is 0 Å². The number of nitrogens with zero attached hydrogens (tertiary/aromatic N) is 2. The molecule has 6 heteroatoms. The zero-order valence-electron chi connectivity index (χ0n) is 11.5. The van der Waals surface area contributed by atoms with Gasteiger partial charge in [0.05, 0.1) is 23.6 Å². The molecule has 0 unspecified atom stereocenters. The Morgan fingerprint density at radius 2 is 2.10 bits per heavy atom. The topological polar surface area (TPSA) is 61.3 Å². The Morgan fingerprint density at radius 1 is 1.30 bits per heavy atom. The van der Waals surface area contributed by atoms with Crippen LogP contribution in [0.2, 0.25) is 0 Å². The summed E-state index contributed by atoms with van der Waals surface area (Å²) in [6.45, 7) is 2.68. The fourth-order valence-electron chi connectivity index (χ4n) is 1.74. The molecule has 106 valence electrons. The minimum absolute atomic E-state index is 0.270. The largest absolute Gasteiger partial charge is 0.461 e. The molecule has 0 N–H and O–H groups in total. The molecule has 0 aliphatic carbocycles. The van der Waals surface area contributed by atoms with Crippen molar-refractivity contribution < 1.29 is 14.3 Å². The number of fused-ring (bicyclic) bond motifs is 1. The van der Waals surface area contributed by atoms with Crippen LogP contribution in [-0.2, 0) is 9.47 Å². The van der Waals surface area contributed by atoms with Crippen LogP contribution in [0.5, 0.6) is 0 Å². The lowest BCUT2D eigenvalue weighted by Crippen LogP contribution is -2.10. The van der Waals surface area contributed by atoms with E-state index in [9.17, 15) is 4.79 Å². The molecular weight excluding hydrogens is 276 g/mol. The molecule has 0 aliphatic heterocycles. The number of hydrogen-bond acceptors (Lipinski definition) is 6. The highest BCUT2D eigenvalue weighted by molar-refractivity contribution is 7.99. The minimum Gasteiger partial charge on any atom is -0.461 e. The van der Waals surface area contributed by atoms with Crippen LogP contribution >= 0.6 is 11.8 Å². The normalized spacial score (nSPS) is 10.7. The van der Waals surface area contributed by atoms with Crippen molar-refractivity contribution in [3.63, 3.8) is 0 Å².